The molecule has 0 bridgehead atoms. The zero-order valence-corrected chi connectivity index (χ0v) is 10.1. The molecule has 88 valence electrons. The van der Waals surface area contributed by atoms with Crippen LogP contribution < -0.4 is 11.1 Å². The van der Waals surface area contributed by atoms with E-state index in [-0.39, 0.29) is 0 Å². The molecule has 0 unspecified atom stereocenters. The van der Waals surface area contributed by atoms with E-state index in [1.807, 2.05) is 0 Å². The highest BCUT2D eigenvalue weighted by Crippen LogP contribution is 2.38. The van der Waals surface area contributed by atoms with Gasteiger partial charge in [-0.15, -0.1) is 0 Å². The zero-order chi connectivity index (χ0) is 10.7. The van der Waals surface area contributed by atoms with Crippen LogP contribution in [0.4, 0.5) is 0 Å². The van der Waals surface area contributed by atoms with Gasteiger partial charge >= 0.3 is 0 Å². The largest absolute Gasteiger partial charge is 0.330 e. The summed E-state index contributed by atoms with van der Waals surface area (Å²) in [5.74, 6) is 0.924. The first-order valence-electron chi connectivity index (χ1n) is 6.68. The monoisotopic (exact) mass is 210 g/mol. The summed E-state index contributed by atoms with van der Waals surface area (Å²) >= 11 is 0. The van der Waals surface area contributed by atoms with Crippen molar-refractivity contribution in [1.82, 2.24) is 5.32 Å². The molecule has 2 rings (SSSR count). The van der Waals surface area contributed by atoms with Crippen LogP contribution in [-0.2, 0) is 0 Å². The zero-order valence-electron chi connectivity index (χ0n) is 10.1. The van der Waals surface area contributed by atoms with Gasteiger partial charge in [-0.25, -0.2) is 0 Å². The van der Waals surface area contributed by atoms with Gasteiger partial charge in [0, 0.05) is 12.6 Å². The molecule has 2 fully saturated rings. The Kier molecular flexibility index (Phi) is 3.68. The van der Waals surface area contributed by atoms with Gasteiger partial charge in [0.15, 0.2) is 0 Å². The molecule has 2 nitrogen and oxygen atoms in total. The number of rotatable bonds is 4. The molecular formula is C13H26N2. The highest BCUT2D eigenvalue weighted by Gasteiger charge is 2.33. The Morgan fingerprint density at radius 1 is 1.20 bits per heavy atom. The normalized spacial score (nSPS) is 37.6. The number of hydrogen-bond donors (Lipinski definition) is 2. The Balaban J connectivity index is 1.79. The summed E-state index contributed by atoms with van der Waals surface area (Å²) in [7, 11) is 0. The van der Waals surface area contributed by atoms with Crippen LogP contribution >= 0.6 is 0 Å². The minimum atomic E-state index is 0.433. The van der Waals surface area contributed by atoms with E-state index in [1.54, 1.807) is 0 Å². The van der Waals surface area contributed by atoms with Crippen LogP contribution in [0.15, 0.2) is 0 Å². The molecule has 0 heterocycles. The molecular weight excluding hydrogens is 184 g/mol. The molecule has 0 aromatic carbocycles. The van der Waals surface area contributed by atoms with Crippen LogP contribution in [0.2, 0.25) is 0 Å². The predicted molar refractivity (Wildman–Crippen MR) is 64.8 cm³/mol. The topological polar surface area (TPSA) is 38.0 Å². The summed E-state index contributed by atoms with van der Waals surface area (Å²) < 4.78 is 0. The van der Waals surface area contributed by atoms with E-state index in [2.05, 4.69) is 12.2 Å². The average molecular weight is 210 g/mol. The van der Waals surface area contributed by atoms with Crippen LogP contribution in [0.3, 0.4) is 0 Å². The number of hydrogen-bond acceptors (Lipinski definition) is 2. The Hall–Kier alpha value is -0.0800. The molecule has 0 aliphatic heterocycles. The Labute approximate surface area is 94.0 Å². The first-order chi connectivity index (χ1) is 7.24. The molecule has 0 spiro atoms. The lowest BCUT2D eigenvalue weighted by molar-refractivity contribution is 0.146. The van der Waals surface area contributed by atoms with Gasteiger partial charge in [0.2, 0.25) is 0 Å². The highest BCUT2D eigenvalue weighted by atomic mass is 14.9. The van der Waals surface area contributed by atoms with Crippen molar-refractivity contribution >= 4 is 0 Å². The lowest BCUT2D eigenvalue weighted by Gasteiger charge is -2.41. The van der Waals surface area contributed by atoms with Crippen LogP contribution in [0.5, 0.6) is 0 Å². The van der Waals surface area contributed by atoms with Gasteiger partial charge in [0.05, 0.1) is 0 Å². The first-order valence-corrected chi connectivity index (χ1v) is 6.68. The van der Waals surface area contributed by atoms with Gasteiger partial charge in [0.1, 0.15) is 0 Å². The summed E-state index contributed by atoms with van der Waals surface area (Å²) in [6.45, 7) is 4.42. The SMILES string of the molecule is CC1CCC(CN)(CNC2CCC2)CC1. The van der Waals surface area contributed by atoms with E-state index >= 15 is 0 Å². The van der Waals surface area contributed by atoms with Crippen molar-refractivity contribution in [3.8, 4) is 0 Å². The van der Waals surface area contributed by atoms with Gasteiger partial charge < -0.3 is 11.1 Å². The molecule has 2 heteroatoms. The minimum Gasteiger partial charge on any atom is -0.330 e. The minimum absolute atomic E-state index is 0.433. The number of nitrogens with two attached hydrogens (primary N) is 1. The maximum atomic E-state index is 5.99. The quantitative estimate of drug-likeness (QED) is 0.747. The standard InChI is InChI=1S/C13H26N2/c1-11-5-7-13(9-14,8-6-11)10-15-12-3-2-4-12/h11-12,15H,2-10,14H2,1H3. The van der Waals surface area contributed by atoms with E-state index < -0.39 is 0 Å². The Morgan fingerprint density at radius 2 is 1.87 bits per heavy atom. The second-order valence-electron chi connectivity index (χ2n) is 5.90. The molecule has 15 heavy (non-hydrogen) atoms. The number of nitrogens with one attached hydrogen (secondary N) is 1. The Morgan fingerprint density at radius 3 is 2.33 bits per heavy atom. The molecule has 2 aliphatic rings. The van der Waals surface area contributed by atoms with E-state index in [4.69, 9.17) is 5.73 Å². The fourth-order valence-electron chi connectivity index (χ4n) is 2.80. The van der Waals surface area contributed by atoms with Crippen LogP contribution in [0.25, 0.3) is 0 Å². The van der Waals surface area contributed by atoms with E-state index in [0.717, 1.165) is 18.5 Å². The first kappa shape index (κ1) is 11.4. The summed E-state index contributed by atoms with van der Waals surface area (Å²) in [6.07, 6.45) is 9.63. The molecule has 0 atom stereocenters. The Bertz CT molecular complexity index is 191. The highest BCUT2D eigenvalue weighted by molar-refractivity contribution is 4.89. The van der Waals surface area contributed by atoms with Crippen molar-refractivity contribution in [2.45, 2.75) is 57.9 Å². The summed E-state index contributed by atoms with van der Waals surface area (Å²) in [6, 6.07) is 0.813. The third kappa shape index (κ3) is 2.73. The van der Waals surface area contributed by atoms with Crippen molar-refractivity contribution in [3.63, 3.8) is 0 Å². The lowest BCUT2D eigenvalue weighted by atomic mass is 9.70. The van der Waals surface area contributed by atoms with Crippen molar-refractivity contribution in [2.24, 2.45) is 17.1 Å². The molecule has 0 amide bonds. The molecule has 0 aromatic rings. The van der Waals surface area contributed by atoms with Crippen molar-refractivity contribution < 1.29 is 0 Å². The van der Waals surface area contributed by atoms with Gasteiger partial charge in [-0.1, -0.05) is 26.2 Å². The molecule has 0 saturated heterocycles. The van der Waals surface area contributed by atoms with Gasteiger partial charge in [0.25, 0.3) is 0 Å². The smallest absolute Gasteiger partial charge is 0.00673 e. The average Bonchev–Trinajstić information content (AvgIpc) is 2.19. The van der Waals surface area contributed by atoms with E-state index in [0.29, 0.717) is 5.41 Å². The van der Waals surface area contributed by atoms with E-state index in [9.17, 15) is 0 Å². The molecule has 2 saturated carbocycles. The molecule has 0 radical (unpaired) electrons. The molecule has 3 N–H and O–H groups in total. The summed E-state index contributed by atoms with van der Waals surface area (Å²) in [5.41, 5.74) is 6.42. The summed E-state index contributed by atoms with van der Waals surface area (Å²) in [5, 5.41) is 3.72. The van der Waals surface area contributed by atoms with Crippen LogP contribution in [0, 0.1) is 11.3 Å². The van der Waals surface area contributed by atoms with Gasteiger partial charge in [-0.3, -0.25) is 0 Å². The maximum Gasteiger partial charge on any atom is 0.00673 e. The lowest BCUT2D eigenvalue weighted by Crippen LogP contribution is -2.47. The predicted octanol–water partition coefficient (Wildman–Crippen LogP) is 2.28. The molecule has 2 aliphatic carbocycles. The second kappa shape index (κ2) is 4.84. The van der Waals surface area contributed by atoms with E-state index in [1.165, 1.54) is 51.5 Å². The van der Waals surface area contributed by atoms with Gasteiger partial charge in [-0.2, -0.15) is 0 Å². The fourth-order valence-corrected chi connectivity index (χ4v) is 2.80. The van der Waals surface area contributed by atoms with Gasteiger partial charge in [-0.05, 0) is 43.6 Å². The molecule has 0 aromatic heterocycles. The van der Waals surface area contributed by atoms with Crippen molar-refractivity contribution in [1.29, 1.82) is 0 Å². The second-order valence-corrected chi connectivity index (χ2v) is 5.90. The third-order valence-corrected chi connectivity index (χ3v) is 4.64. The van der Waals surface area contributed by atoms with Crippen LogP contribution in [0.1, 0.15) is 51.9 Å². The maximum absolute atomic E-state index is 5.99. The third-order valence-electron chi connectivity index (χ3n) is 4.64. The van der Waals surface area contributed by atoms with Crippen molar-refractivity contribution in [2.75, 3.05) is 13.1 Å². The van der Waals surface area contributed by atoms with Crippen LogP contribution in [-0.4, -0.2) is 19.1 Å². The summed E-state index contributed by atoms with van der Waals surface area (Å²) in [4.78, 5) is 0. The van der Waals surface area contributed by atoms with Crippen molar-refractivity contribution in [3.05, 3.63) is 0 Å². The fraction of sp³-hybridized carbons (Fsp3) is 1.00.